The van der Waals surface area contributed by atoms with Gasteiger partial charge in [-0.3, -0.25) is 0 Å². The number of ether oxygens (including phenoxy) is 2. The van der Waals surface area contributed by atoms with E-state index in [2.05, 4.69) is 9.47 Å². The SMILES string of the molecule is COC(=O)C(=C/C=C/C=C/c1ccc(N(C)C)cc1)C(=O)OC. The summed E-state index contributed by atoms with van der Waals surface area (Å²) in [6, 6.07) is 8.06. The predicted octanol–water partition coefficient (Wildman–Crippen LogP) is 2.59. The highest BCUT2D eigenvalue weighted by Gasteiger charge is 2.18. The molecular formula is C18H21NO4. The standard InChI is InChI=1S/C18H21NO4/c1-19(2)15-12-10-14(11-13-15)8-6-5-7-9-16(17(20)22-3)18(21)23-4/h5-13H,1-4H3/b7-5+,8-6+. The zero-order chi connectivity index (χ0) is 17.2. The van der Waals surface area contributed by atoms with Crippen LogP contribution < -0.4 is 4.90 Å². The third-order valence-electron chi connectivity index (χ3n) is 2.99. The molecule has 0 aliphatic rings. The molecule has 5 nitrogen and oxygen atoms in total. The number of allylic oxidation sites excluding steroid dienone is 4. The van der Waals surface area contributed by atoms with Crippen molar-refractivity contribution >= 4 is 23.7 Å². The second-order valence-corrected chi connectivity index (χ2v) is 4.79. The Labute approximate surface area is 136 Å². The molecule has 0 aliphatic heterocycles. The first-order chi connectivity index (χ1) is 11.0. The maximum atomic E-state index is 11.4. The minimum atomic E-state index is -0.732. The van der Waals surface area contributed by atoms with Gasteiger partial charge in [0, 0.05) is 19.8 Å². The van der Waals surface area contributed by atoms with E-state index in [1.54, 1.807) is 12.2 Å². The van der Waals surface area contributed by atoms with E-state index in [4.69, 9.17) is 0 Å². The van der Waals surface area contributed by atoms with E-state index in [9.17, 15) is 9.59 Å². The van der Waals surface area contributed by atoms with E-state index in [-0.39, 0.29) is 5.57 Å². The Bertz CT molecular complexity index is 607. The summed E-state index contributed by atoms with van der Waals surface area (Å²) in [6.07, 6.45) is 8.38. The molecule has 0 radical (unpaired) electrons. The number of anilines is 1. The van der Waals surface area contributed by atoms with Crippen molar-refractivity contribution in [2.75, 3.05) is 33.2 Å². The van der Waals surface area contributed by atoms with Crippen LogP contribution in [-0.2, 0) is 19.1 Å². The van der Waals surface area contributed by atoms with Gasteiger partial charge in [-0.15, -0.1) is 0 Å². The number of hydrogen-bond donors (Lipinski definition) is 0. The van der Waals surface area contributed by atoms with Crippen LogP contribution in [0.15, 0.2) is 54.1 Å². The normalized spacial score (nSPS) is 10.6. The third kappa shape index (κ3) is 5.82. The number of hydrogen-bond acceptors (Lipinski definition) is 5. The first-order valence-corrected chi connectivity index (χ1v) is 6.98. The topological polar surface area (TPSA) is 55.8 Å². The van der Waals surface area contributed by atoms with Gasteiger partial charge >= 0.3 is 11.9 Å². The minimum Gasteiger partial charge on any atom is -0.465 e. The first-order valence-electron chi connectivity index (χ1n) is 6.98. The molecule has 0 unspecified atom stereocenters. The number of benzene rings is 1. The van der Waals surface area contributed by atoms with E-state index >= 15 is 0 Å². The van der Waals surface area contributed by atoms with Crippen LogP contribution in [0.25, 0.3) is 6.08 Å². The highest BCUT2D eigenvalue weighted by molar-refractivity contribution is 6.14. The molecule has 0 spiro atoms. The zero-order valence-electron chi connectivity index (χ0n) is 13.8. The lowest BCUT2D eigenvalue weighted by Gasteiger charge is -2.11. The molecule has 5 heteroatoms. The molecule has 1 aromatic rings. The van der Waals surface area contributed by atoms with Crippen molar-refractivity contribution in [2.24, 2.45) is 0 Å². The van der Waals surface area contributed by atoms with Crippen molar-refractivity contribution in [2.45, 2.75) is 0 Å². The summed E-state index contributed by atoms with van der Waals surface area (Å²) >= 11 is 0. The summed E-state index contributed by atoms with van der Waals surface area (Å²) in [5.41, 5.74) is 2.02. The van der Waals surface area contributed by atoms with Crippen molar-refractivity contribution in [1.29, 1.82) is 0 Å². The van der Waals surface area contributed by atoms with Crippen LogP contribution in [0.2, 0.25) is 0 Å². The van der Waals surface area contributed by atoms with Gasteiger partial charge in [0.15, 0.2) is 0 Å². The molecule has 0 N–H and O–H groups in total. The maximum absolute atomic E-state index is 11.4. The Kier molecular flexibility index (Phi) is 7.33. The van der Waals surface area contributed by atoms with E-state index in [0.29, 0.717) is 0 Å². The zero-order valence-corrected chi connectivity index (χ0v) is 13.8. The Morgan fingerprint density at radius 3 is 1.96 bits per heavy atom. The smallest absolute Gasteiger partial charge is 0.345 e. The summed E-state index contributed by atoms with van der Waals surface area (Å²) in [5.74, 6) is -1.46. The Hall–Kier alpha value is -2.82. The number of carbonyl (C=O) groups excluding carboxylic acids is 2. The number of rotatable bonds is 6. The van der Waals surface area contributed by atoms with Gasteiger partial charge in [0.2, 0.25) is 0 Å². The van der Waals surface area contributed by atoms with Crippen LogP contribution in [0.5, 0.6) is 0 Å². The predicted molar refractivity (Wildman–Crippen MR) is 91.1 cm³/mol. The number of methoxy groups -OCH3 is 2. The van der Waals surface area contributed by atoms with Crippen molar-refractivity contribution in [3.63, 3.8) is 0 Å². The van der Waals surface area contributed by atoms with Crippen molar-refractivity contribution < 1.29 is 19.1 Å². The molecule has 1 rings (SSSR count). The van der Waals surface area contributed by atoms with Gasteiger partial charge in [0.05, 0.1) is 14.2 Å². The molecule has 0 saturated heterocycles. The average molecular weight is 315 g/mol. The van der Waals surface area contributed by atoms with Crippen LogP contribution in [-0.4, -0.2) is 40.3 Å². The van der Waals surface area contributed by atoms with E-state index in [0.717, 1.165) is 11.3 Å². The van der Waals surface area contributed by atoms with Crippen molar-refractivity contribution in [3.8, 4) is 0 Å². The van der Waals surface area contributed by atoms with Gasteiger partial charge in [-0.1, -0.05) is 36.4 Å². The highest BCUT2D eigenvalue weighted by Crippen LogP contribution is 2.13. The molecular weight excluding hydrogens is 294 g/mol. The molecule has 0 amide bonds. The van der Waals surface area contributed by atoms with Crippen LogP contribution >= 0.6 is 0 Å². The quantitative estimate of drug-likeness (QED) is 0.265. The summed E-state index contributed by atoms with van der Waals surface area (Å²) < 4.78 is 9.06. The molecule has 23 heavy (non-hydrogen) atoms. The largest absolute Gasteiger partial charge is 0.465 e. The molecule has 0 saturated carbocycles. The summed E-state index contributed by atoms with van der Waals surface area (Å²) in [5, 5.41) is 0. The number of esters is 2. The van der Waals surface area contributed by atoms with Crippen molar-refractivity contribution in [1.82, 2.24) is 0 Å². The molecule has 1 aromatic carbocycles. The lowest BCUT2D eigenvalue weighted by atomic mass is 10.2. The number of carbonyl (C=O) groups is 2. The molecule has 0 atom stereocenters. The van der Waals surface area contributed by atoms with E-state index in [1.165, 1.54) is 20.3 Å². The number of nitrogens with zero attached hydrogens (tertiary/aromatic N) is 1. The van der Waals surface area contributed by atoms with Gasteiger partial charge in [-0.05, 0) is 23.8 Å². The second kappa shape index (κ2) is 9.25. The lowest BCUT2D eigenvalue weighted by Crippen LogP contribution is -2.15. The second-order valence-electron chi connectivity index (χ2n) is 4.79. The average Bonchev–Trinajstić information content (AvgIpc) is 2.57. The Balaban J connectivity index is 2.74. The monoisotopic (exact) mass is 315 g/mol. The summed E-state index contributed by atoms with van der Waals surface area (Å²) in [6.45, 7) is 0. The van der Waals surface area contributed by atoms with E-state index in [1.807, 2.05) is 55.4 Å². The molecule has 0 aliphatic carbocycles. The molecule has 122 valence electrons. The van der Waals surface area contributed by atoms with Crippen LogP contribution in [0.3, 0.4) is 0 Å². The Morgan fingerprint density at radius 2 is 1.48 bits per heavy atom. The van der Waals surface area contributed by atoms with E-state index < -0.39 is 11.9 Å². The lowest BCUT2D eigenvalue weighted by molar-refractivity contribution is -0.144. The molecule has 0 heterocycles. The van der Waals surface area contributed by atoms with Crippen LogP contribution in [0.4, 0.5) is 5.69 Å². The highest BCUT2D eigenvalue weighted by atomic mass is 16.5. The van der Waals surface area contributed by atoms with Crippen LogP contribution in [0.1, 0.15) is 5.56 Å². The third-order valence-corrected chi connectivity index (χ3v) is 2.99. The van der Waals surface area contributed by atoms with Gasteiger partial charge in [-0.2, -0.15) is 0 Å². The van der Waals surface area contributed by atoms with Gasteiger partial charge in [-0.25, -0.2) is 9.59 Å². The summed E-state index contributed by atoms with van der Waals surface area (Å²) in [4.78, 5) is 24.9. The first kappa shape index (κ1) is 18.2. The molecule has 0 bridgehead atoms. The Morgan fingerprint density at radius 1 is 0.913 bits per heavy atom. The van der Waals surface area contributed by atoms with Gasteiger partial charge in [0.25, 0.3) is 0 Å². The molecule has 0 fully saturated rings. The van der Waals surface area contributed by atoms with Crippen LogP contribution in [0, 0.1) is 0 Å². The van der Waals surface area contributed by atoms with Gasteiger partial charge in [0.1, 0.15) is 5.57 Å². The van der Waals surface area contributed by atoms with Crippen molar-refractivity contribution in [3.05, 3.63) is 59.7 Å². The summed E-state index contributed by atoms with van der Waals surface area (Å²) in [7, 11) is 6.39. The molecule has 0 aromatic heterocycles. The minimum absolute atomic E-state index is 0.157. The van der Waals surface area contributed by atoms with Gasteiger partial charge < -0.3 is 14.4 Å². The fourth-order valence-corrected chi connectivity index (χ4v) is 1.71. The maximum Gasteiger partial charge on any atom is 0.345 e. The fraction of sp³-hybridized carbons (Fsp3) is 0.222. The fourth-order valence-electron chi connectivity index (χ4n) is 1.71.